The molecule has 2 saturated heterocycles. The van der Waals surface area contributed by atoms with E-state index < -0.39 is 0 Å². The zero-order chi connectivity index (χ0) is 21.0. The van der Waals surface area contributed by atoms with E-state index in [0.29, 0.717) is 5.92 Å². The Bertz CT molecular complexity index is 993. The number of benzene rings is 1. The fourth-order valence-corrected chi connectivity index (χ4v) is 5.06. The van der Waals surface area contributed by atoms with Crippen LogP contribution in [-0.2, 0) is 13.0 Å². The Morgan fingerprint density at radius 1 is 0.903 bits per heavy atom. The van der Waals surface area contributed by atoms with E-state index in [1.807, 2.05) is 0 Å². The molecule has 0 aliphatic carbocycles. The molecular formula is C26H35N5. The molecule has 0 spiro atoms. The van der Waals surface area contributed by atoms with Crippen LogP contribution >= 0.6 is 0 Å². The molecule has 2 aliphatic rings. The fourth-order valence-electron chi connectivity index (χ4n) is 5.06. The molecule has 31 heavy (non-hydrogen) atoms. The lowest BCUT2D eigenvalue weighted by molar-refractivity contribution is 0.364. The van der Waals surface area contributed by atoms with Crippen LogP contribution in [0.2, 0.25) is 0 Å². The third kappa shape index (κ3) is 4.77. The molecule has 5 nitrogen and oxygen atoms in total. The van der Waals surface area contributed by atoms with Crippen molar-refractivity contribution in [1.82, 2.24) is 19.9 Å². The van der Waals surface area contributed by atoms with E-state index in [2.05, 4.69) is 58.1 Å². The predicted molar refractivity (Wildman–Crippen MR) is 128 cm³/mol. The van der Waals surface area contributed by atoms with Gasteiger partial charge in [-0.2, -0.15) is 0 Å². The highest BCUT2D eigenvalue weighted by Crippen LogP contribution is 2.26. The van der Waals surface area contributed by atoms with Gasteiger partial charge in [-0.1, -0.05) is 42.7 Å². The molecule has 164 valence electrons. The molecule has 0 amide bonds. The van der Waals surface area contributed by atoms with Gasteiger partial charge in [0.05, 0.1) is 6.54 Å². The third-order valence-corrected chi connectivity index (χ3v) is 6.98. The van der Waals surface area contributed by atoms with Crippen LogP contribution in [0, 0.1) is 12.8 Å². The minimum absolute atomic E-state index is 0.708. The van der Waals surface area contributed by atoms with E-state index in [1.54, 1.807) is 0 Å². The minimum Gasteiger partial charge on any atom is -0.357 e. The Morgan fingerprint density at radius 3 is 2.39 bits per heavy atom. The number of hydrogen-bond donors (Lipinski definition) is 1. The summed E-state index contributed by atoms with van der Waals surface area (Å²) in [5, 5.41) is 3.49. The first-order valence-electron chi connectivity index (χ1n) is 12.1. The van der Waals surface area contributed by atoms with Crippen LogP contribution in [-0.4, -0.2) is 40.7 Å². The number of fused-ring (bicyclic) bond motifs is 1. The maximum absolute atomic E-state index is 5.18. The number of piperidine rings is 1. The van der Waals surface area contributed by atoms with Gasteiger partial charge in [-0.15, -0.1) is 0 Å². The molecule has 1 aromatic carbocycles. The quantitative estimate of drug-likeness (QED) is 0.653. The van der Waals surface area contributed by atoms with Gasteiger partial charge >= 0.3 is 0 Å². The minimum atomic E-state index is 0.708. The van der Waals surface area contributed by atoms with Crippen LogP contribution in [0.1, 0.15) is 55.5 Å². The molecule has 0 radical (unpaired) electrons. The summed E-state index contributed by atoms with van der Waals surface area (Å²) in [7, 11) is 0. The monoisotopic (exact) mass is 417 g/mol. The van der Waals surface area contributed by atoms with E-state index in [-0.39, 0.29) is 0 Å². The van der Waals surface area contributed by atoms with E-state index in [0.717, 1.165) is 56.1 Å². The smallest absolute Gasteiger partial charge is 0.162 e. The molecule has 3 aromatic rings. The molecule has 0 saturated carbocycles. The average molecular weight is 418 g/mol. The first kappa shape index (κ1) is 20.5. The summed E-state index contributed by atoms with van der Waals surface area (Å²) in [4.78, 5) is 12.7. The fraction of sp³-hybridized carbons (Fsp3) is 0.538. The first-order chi connectivity index (χ1) is 15.3. The first-order valence-corrected chi connectivity index (χ1v) is 12.1. The lowest BCUT2D eigenvalue weighted by atomic mass is 9.94. The van der Waals surface area contributed by atoms with Crippen molar-refractivity contribution in [3.05, 3.63) is 53.3 Å². The van der Waals surface area contributed by atoms with Gasteiger partial charge < -0.3 is 14.8 Å². The van der Waals surface area contributed by atoms with Crippen LogP contribution in [0.5, 0.6) is 0 Å². The van der Waals surface area contributed by atoms with E-state index in [1.165, 1.54) is 55.5 Å². The van der Waals surface area contributed by atoms with Gasteiger partial charge in [0.2, 0.25) is 0 Å². The van der Waals surface area contributed by atoms with Crippen molar-refractivity contribution in [2.45, 2.75) is 58.4 Å². The molecule has 0 unspecified atom stereocenters. The van der Waals surface area contributed by atoms with Crippen molar-refractivity contribution < 1.29 is 0 Å². The van der Waals surface area contributed by atoms with Gasteiger partial charge in [-0.3, -0.25) is 0 Å². The molecule has 0 bridgehead atoms. The van der Waals surface area contributed by atoms with E-state index in [9.17, 15) is 0 Å². The van der Waals surface area contributed by atoms with Gasteiger partial charge in [0.1, 0.15) is 17.2 Å². The van der Waals surface area contributed by atoms with Crippen LogP contribution in [0.15, 0.2) is 36.4 Å². The number of aromatic nitrogens is 3. The van der Waals surface area contributed by atoms with Crippen LogP contribution in [0.4, 0.5) is 5.82 Å². The standard InChI is InChI=1S/C26H35N5/c1-20-6-8-22(9-7-20)19-31-25(18-21-12-14-27-15-13-21)28-23-10-11-24(29-26(23)31)30-16-4-2-3-5-17-30/h6-11,21,27H,2-5,12-19H2,1H3. The molecular weight excluding hydrogens is 382 g/mol. The molecule has 4 heterocycles. The highest BCUT2D eigenvalue weighted by Gasteiger charge is 2.20. The number of aryl methyl sites for hydroxylation is 1. The Morgan fingerprint density at radius 2 is 1.65 bits per heavy atom. The summed E-state index contributed by atoms with van der Waals surface area (Å²) >= 11 is 0. The Labute approximate surface area is 185 Å². The maximum atomic E-state index is 5.18. The Hall–Kier alpha value is -2.40. The lowest BCUT2D eigenvalue weighted by Crippen LogP contribution is -2.29. The zero-order valence-electron chi connectivity index (χ0n) is 18.8. The molecule has 5 rings (SSSR count). The van der Waals surface area contributed by atoms with Crippen molar-refractivity contribution in [3.63, 3.8) is 0 Å². The highest BCUT2D eigenvalue weighted by atomic mass is 15.2. The summed E-state index contributed by atoms with van der Waals surface area (Å²) < 4.78 is 2.39. The van der Waals surface area contributed by atoms with Crippen molar-refractivity contribution in [2.75, 3.05) is 31.1 Å². The van der Waals surface area contributed by atoms with E-state index in [4.69, 9.17) is 9.97 Å². The van der Waals surface area contributed by atoms with Crippen molar-refractivity contribution >= 4 is 17.0 Å². The second kappa shape index (κ2) is 9.39. The molecule has 0 atom stereocenters. The topological polar surface area (TPSA) is 46.0 Å². The Kier molecular flexibility index (Phi) is 6.21. The number of imidazole rings is 1. The molecule has 2 aromatic heterocycles. The van der Waals surface area contributed by atoms with Crippen LogP contribution < -0.4 is 10.2 Å². The Balaban J connectivity index is 1.51. The summed E-state index contributed by atoms with van der Waals surface area (Å²) in [6.07, 6.45) is 8.73. The predicted octanol–water partition coefficient (Wildman–Crippen LogP) is 4.71. The van der Waals surface area contributed by atoms with Gasteiger partial charge in [-0.25, -0.2) is 9.97 Å². The summed E-state index contributed by atoms with van der Waals surface area (Å²) in [5.74, 6) is 3.02. The van der Waals surface area contributed by atoms with Crippen molar-refractivity contribution in [3.8, 4) is 0 Å². The highest BCUT2D eigenvalue weighted by molar-refractivity contribution is 5.74. The van der Waals surface area contributed by atoms with Gasteiger partial charge in [0.15, 0.2) is 5.65 Å². The van der Waals surface area contributed by atoms with Crippen LogP contribution in [0.25, 0.3) is 11.2 Å². The molecule has 2 aliphatic heterocycles. The maximum Gasteiger partial charge on any atom is 0.162 e. The summed E-state index contributed by atoms with van der Waals surface area (Å²) in [5.41, 5.74) is 4.70. The molecule has 2 fully saturated rings. The van der Waals surface area contributed by atoms with Gasteiger partial charge in [0.25, 0.3) is 0 Å². The second-order valence-corrected chi connectivity index (χ2v) is 9.41. The summed E-state index contributed by atoms with van der Waals surface area (Å²) in [6, 6.07) is 13.3. The molecule has 5 heteroatoms. The number of hydrogen-bond acceptors (Lipinski definition) is 4. The van der Waals surface area contributed by atoms with Crippen molar-refractivity contribution in [1.29, 1.82) is 0 Å². The van der Waals surface area contributed by atoms with E-state index >= 15 is 0 Å². The SMILES string of the molecule is Cc1ccc(Cn2c(CC3CCNCC3)nc3ccc(N4CCCCCC4)nc32)cc1. The number of pyridine rings is 1. The largest absolute Gasteiger partial charge is 0.357 e. The summed E-state index contributed by atoms with van der Waals surface area (Å²) in [6.45, 7) is 7.47. The van der Waals surface area contributed by atoms with Crippen LogP contribution in [0.3, 0.4) is 0 Å². The molecule has 1 N–H and O–H groups in total. The average Bonchev–Trinajstić information content (AvgIpc) is 2.96. The normalized spacial score (nSPS) is 18.4. The number of rotatable bonds is 5. The number of nitrogens with one attached hydrogen (secondary N) is 1. The lowest BCUT2D eigenvalue weighted by Gasteiger charge is -2.23. The van der Waals surface area contributed by atoms with Gasteiger partial charge in [0, 0.05) is 19.5 Å². The second-order valence-electron chi connectivity index (χ2n) is 9.41. The van der Waals surface area contributed by atoms with Gasteiger partial charge in [-0.05, 0) is 69.3 Å². The van der Waals surface area contributed by atoms with Crippen molar-refractivity contribution in [2.24, 2.45) is 5.92 Å². The number of anilines is 1. The zero-order valence-corrected chi connectivity index (χ0v) is 18.8. The third-order valence-electron chi connectivity index (χ3n) is 6.98. The number of nitrogens with zero attached hydrogens (tertiary/aromatic N) is 4.